The molecule has 1 aromatic heterocycles. The van der Waals surface area contributed by atoms with Crippen LogP contribution in [-0.4, -0.2) is 15.7 Å². The Bertz CT molecular complexity index is 578. The average Bonchev–Trinajstić information content (AvgIpc) is 2.81. The number of nitrogens with zero attached hydrogens (tertiary/aromatic N) is 1. The number of rotatable bonds is 3. The van der Waals surface area contributed by atoms with Gasteiger partial charge in [0, 0.05) is 12.3 Å². The number of ketones is 1. The molecule has 0 aliphatic heterocycles. The molecule has 0 atom stereocenters. The molecule has 2 rings (SSSR count). The molecule has 5 nitrogen and oxygen atoms in total. The van der Waals surface area contributed by atoms with Gasteiger partial charge in [0.05, 0.1) is 16.2 Å². The SMILES string of the molecule is O=C(c1ccc[nH]1)c1cccc([N+](=O)[O-])c1F. The van der Waals surface area contributed by atoms with E-state index in [1.165, 1.54) is 24.4 Å². The first-order valence-corrected chi connectivity index (χ1v) is 4.72. The third kappa shape index (κ3) is 1.92. The molecule has 0 aliphatic rings. The predicted octanol–water partition coefficient (Wildman–Crippen LogP) is 2.29. The molecule has 17 heavy (non-hydrogen) atoms. The number of H-pyrrole nitrogens is 1. The molecule has 0 saturated carbocycles. The van der Waals surface area contributed by atoms with E-state index >= 15 is 0 Å². The Morgan fingerprint density at radius 3 is 2.65 bits per heavy atom. The molecule has 0 spiro atoms. The average molecular weight is 234 g/mol. The second-order valence-electron chi connectivity index (χ2n) is 3.31. The van der Waals surface area contributed by atoms with Gasteiger partial charge in [-0.3, -0.25) is 14.9 Å². The third-order valence-electron chi connectivity index (χ3n) is 2.26. The number of halogens is 1. The topological polar surface area (TPSA) is 76.0 Å². The van der Waals surface area contributed by atoms with E-state index in [1.54, 1.807) is 6.07 Å². The summed E-state index contributed by atoms with van der Waals surface area (Å²) in [6.45, 7) is 0. The second-order valence-corrected chi connectivity index (χ2v) is 3.31. The fourth-order valence-electron chi connectivity index (χ4n) is 1.45. The van der Waals surface area contributed by atoms with Crippen LogP contribution >= 0.6 is 0 Å². The van der Waals surface area contributed by atoms with E-state index in [-0.39, 0.29) is 11.3 Å². The lowest BCUT2D eigenvalue weighted by Gasteiger charge is -2.01. The molecule has 0 aliphatic carbocycles. The summed E-state index contributed by atoms with van der Waals surface area (Å²) in [6.07, 6.45) is 1.52. The third-order valence-corrected chi connectivity index (χ3v) is 2.26. The Hall–Kier alpha value is -2.50. The Morgan fingerprint density at radius 2 is 2.06 bits per heavy atom. The minimum atomic E-state index is -1.11. The van der Waals surface area contributed by atoms with E-state index in [1.807, 2.05) is 0 Å². The van der Waals surface area contributed by atoms with Crippen LogP contribution in [0.5, 0.6) is 0 Å². The molecule has 0 radical (unpaired) electrons. The van der Waals surface area contributed by atoms with Gasteiger partial charge in [0.15, 0.2) is 0 Å². The predicted molar refractivity (Wildman–Crippen MR) is 57.3 cm³/mol. The zero-order chi connectivity index (χ0) is 12.4. The summed E-state index contributed by atoms with van der Waals surface area (Å²) in [6, 6.07) is 6.56. The summed E-state index contributed by atoms with van der Waals surface area (Å²) >= 11 is 0. The van der Waals surface area contributed by atoms with Gasteiger partial charge in [-0.1, -0.05) is 6.07 Å². The number of benzene rings is 1. The van der Waals surface area contributed by atoms with Crippen LogP contribution in [0, 0.1) is 15.9 Å². The number of carbonyl (C=O) groups is 1. The van der Waals surface area contributed by atoms with Crippen molar-refractivity contribution in [2.24, 2.45) is 0 Å². The van der Waals surface area contributed by atoms with Crippen molar-refractivity contribution in [1.82, 2.24) is 4.98 Å². The molecule has 2 aromatic rings. The first-order valence-electron chi connectivity index (χ1n) is 4.72. The highest BCUT2D eigenvalue weighted by Crippen LogP contribution is 2.21. The summed E-state index contributed by atoms with van der Waals surface area (Å²) < 4.78 is 13.7. The van der Waals surface area contributed by atoms with Crippen LogP contribution in [0.1, 0.15) is 16.1 Å². The lowest BCUT2D eigenvalue weighted by molar-refractivity contribution is -0.387. The number of nitro groups is 1. The highest BCUT2D eigenvalue weighted by atomic mass is 19.1. The maximum atomic E-state index is 13.7. The molecule has 0 amide bonds. The Morgan fingerprint density at radius 1 is 1.29 bits per heavy atom. The Kier molecular flexibility index (Phi) is 2.70. The number of carbonyl (C=O) groups excluding carboxylic acids is 1. The maximum Gasteiger partial charge on any atom is 0.305 e. The van der Waals surface area contributed by atoms with Crippen LogP contribution in [0.4, 0.5) is 10.1 Å². The molecule has 0 saturated heterocycles. The van der Waals surface area contributed by atoms with Crippen molar-refractivity contribution in [3.05, 3.63) is 63.7 Å². The molecule has 1 aromatic carbocycles. The van der Waals surface area contributed by atoms with E-state index < -0.39 is 22.2 Å². The van der Waals surface area contributed by atoms with Crippen LogP contribution in [-0.2, 0) is 0 Å². The van der Waals surface area contributed by atoms with Crippen molar-refractivity contribution < 1.29 is 14.1 Å². The summed E-state index contributed by atoms with van der Waals surface area (Å²) in [4.78, 5) is 24.1. The van der Waals surface area contributed by atoms with E-state index in [4.69, 9.17) is 0 Å². The summed E-state index contributed by atoms with van der Waals surface area (Å²) in [7, 11) is 0. The molecule has 0 fully saturated rings. The van der Waals surface area contributed by atoms with Gasteiger partial charge in [-0.05, 0) is 18.2 Å². The molecule has 0 bridgehead atoms. The fraction of sp³-hybridized carbons (Fsp3) is 0. The number of hydrogen-bond acceptors (Lipinski definition) is 3. The highest BCUT2D eigenvalue weighted by molar-refractivity contribution is 6.08. The van der Waals surface area contributed by atoms with Crippen LogP contribution in [0.15, 0.2) is 36.5 Å². The van der Waals surface area contributed by atoms with E-state index in [0.717, 1.165) is 6.07 Å². The summed E-state index contributed by atoms with van der Waals surface area (Å²) in [5.41, 5.74) is -0.839. The van der Waals surface area contributed by atoms with E-state index in [0.29, 0.717) is 0 Å². The largest absolute Gasteiger partial charge is 0.359 e. The van der Waals surface area contributed by atoms with E-state index in [2.05, 4.69) is 4.98 Å². The number of aromatic amines is 1. The zero-order valence-electron chi connectivity index (χ0n) is 8.51. The van der Waals surface area contributed by atoms with E-state index in [9.17, 15) is 19.3 Å². The van der Waals surface area contributed by atoms with Gasteiger partial charge in [-0.15, -0.1) is 0 Å². The van der Waals surface area contributed by atoms with Gasteiger partial charge in [0.2, 0.25) is 11.6 Å². The first kappa shape index (κ1) is 11.0. The van der Waals surface area contributed by atoms with Gasteiger partial charge >= 0.3 is 5.69 Å². The smallest absolute Gasteiger partial charge is 0.305 e. The number of nitro benzene ring substituents is 1. The molecule has 1 heterocycles. The monoisotopic (exact) mass is 234 g/mol. The van der Waals surface area contributed by atoms with Gasteiger partial charge in [-0.2, -0.15) is 4.39 Å². The molecule has 0 unspecified atom stereocenters. The van der Waals surface area contributed by atoms with Gasteiger partial charge in [-0.25, -0.2) is 0 Å². The lowest BCUT2D eigenvalue weighted by atomic mass is 10.1. The van der Waals surface area contributed by atoms with Crippen molar-refractivity contribution in [3.8, 4) is 0 Å². The van der Waals surface area contributed by atoms with Gasteiger partial charge < -0.3 is 4.98 Å². The van der Waals surface area contributed by atoms with Crippen LogP contribution < -0.4 is 0 Å². The van der Waals surface area contributed by atoms with Crippen molar-refractivity contribution >= 4 is 11.5 Å². The highest BCUT2D eigenvalue weighted by Gasteiger charge is 2.22. The molecule has 6 heteroatoms. The number of nitrogens with one attached hydrogen (secondary N) is 1. The first-order chi connectivity index (χ1) is 8.11. The lowest BCUT2D eigenvalue weighted by Crippen LogP contribution is -2.06. The number of hydrogen-bond donors (Lipinski definition) is 1. The van der Waals surface area contributed by atoms with Crippen LogP contribution in [0.2, 0.25) is 0 Å². The van der Waals surface area contributed by atoms with Gasteiger partial charge in [0.25, 0.3) is 0 Å². The second kappa shape index (κ2) is 4.17. The van der Waals surface area contributed by atoms with Crippen molar-refractivity contribution in [3.63, 3.8) is 0 Å². The molecular weight excluding hydrogens is 227 g/mol. The van der Waals surface area contributed by atoms with Crippen LogP contribution in [0.25, 0.3) is 0 Å². The quantitative estimate of drug-likeness (QED) is 0.503. The maximum absolute atomic E-state index is 13.7. The van der Waals surface area contributed by atoms with Crippen molar-refractivity contribution in [1.29, 1.82) is 0 Å². The molecule has 86 valence electrons. The summed E-state index contributed by atoms with van der Waals surface area (Å²) in [5.74, 6) is -1.73. The normalized spacial score (nSPS) is 10.2. The molecular formula is C11H7FN2O3. The Labute approximate surface area is 95.0 Å². The van der Waals surface area contributed by atoms with Crippen molar-refractivity contribution in [2.75, 3.05) is 0 Å². The van der Waals surface area contributed by atoms with Crippen molar-refractivity contribution in [2.45, 2.75) is 0 Å². The molecule has 1 N–H and O–H groups in total. The minimum Gasteiger partial charge on any atom is -0.359 e. The summed E-state index contributed by atoms with van der Waals surface area (Å²) in [5, 5.41) is 10.5. The number of aromatic nitrogens is 1. The fourth-order valence-corrected chi connectivity index (χ4v) is 1.45. The minimum absolute atomic E-state index is 0.185. The standard InChI is InChI=1S/C11H7FN2O3/c12-10-7(3-1-5-9(10)14(16)17)11(15)8-4-2-6-13-8/h1-6,13H. The van der Waals surface area contributed by atoms with Gasteiger partial charge in [0.1, 0.15) is 0 Å². The zero-order valence-corrected chi connectivity index (χ0v) is 8.51. The Balaban J connectivity index is 2.50. The van der Waals surface area contributed by atoms with Crippen LogP contribution in [0.3, 0.4) is 0 Å².